The number of amides is 1. The molecule has 0 aliphatic heterocycles. The van der Waals surface area contributed by atoms with Gasteiger partial charge in [0.1, 0.15) is 5.75 Å². The first-order valence-electron chi connectivity index (χ1n) is 5.11. The lowest BCUT2D eigenvalue weighted by Gasteiger charge is -2.11. The second-order valence-electron chi connectivity index (χ2n) is 3.75. The lowest BCUT2D eigenvalue weighted by atomic mass is 10.1. The highest BCUT2D eigenvalue weighted by Crippen LogP contribution is 2.24. The fourth-order valence-corrected chi connectivity index (χ4v) is 1.72. The van der Waals surface area contributed by atoms with E-state index in [0.29, 0.717) is 0 Å². The summed E-state index contributed by atoms with van der Waals surface area (Å²) in [4.78, 5) is 21.2. The molecule has 2 N–H and O–H groups in total. The van der Waals surface area contributed by atoms with Crippen LogP contribution in [0.5, 0.6) is 5.75 Å². The van der Waals surface area contributed by atoms with Gasteiger partial charge in [0.05, 0.1) is 7.11 Å². The van der Waals surface area contributed by atoms with E-state index in [1.165, 1.54) is 0 Å². The highest BCUT2D eigenvalue weighted by molar-refractivity contribution is 6.31. The number of carbonyl (C=O) groups is 2. The quantitative estimate of drug-likeness (QED) is 0.769. The number of carbonyl (C=O) groups excluding carboxylic acids is 1. The Hall–Kier alpha value is -2.04. The van der Waals surface area contributed by atoms with E-state index >= 15 is 0 Å². The van der Waals surface area contributed by atoms with E-state index in [9.17, 15) is 9.59 Å². The van der Waals surface area contributed by atoms with Gasteiger partial charge in [-0.3, -0.25) is 4.79 Å². The number of rotatable bonds is 3. The van der Waals surface area contributed by atoms with Crippen molar-refractivity contribution in [2.24, 2.45) is 0 Å². The molecular formula is C12H15NO4. The van der Waals surface area contributed by atoms with E-state index in [1.54, 1.807) is 7.11 Å². The van der Waals surface area contributed by atoms with E-state index < -0.39 is 11.9 Å². The molecule has 0 radical (unpaired) electrons. The van der Waals surface area contributed by atoms with Crippen LogP contribution < -0.4 is 10.1 Å². The minimum atomic E-state index is -1.48. The summed E-state index contributed by atoms with van der Waals surface area (Å²) in [5.41, 5.74) is 2.74. The Morgan fingerprint density at radius 1 is 1.29 bits per heavy atom. The average Bonchev–Trinajstić information content (AvgIpc) is 2.25. The van der Waals surface area contributed by atoms with Gasteiger partial charge in [0.25, 0.3) is 0 Å². The van der Waals surface area contributed by atoms with Crippen molar-refractivity contribution < 1.29 is 19.4 Å². The summed E-state index contributed by atoms with van der Waals surface area (Å²) in [5.74, 6) is -1.68. The van der Waals surface area contributed by atoms with Crippen molar-refractivity contribution in [1.29, 1.82) is 0 Å². The van der Waals surface area contributed by atoms with Crippen molar-refractivity contribution in [3.63, 3.8) is 0 Å². The molecule has 0 aliphatic rings. The Bertz CT molecular complexity index is 431. The van der Waals surface area contributed by atoms with E-state index in [1.807, 2.05) is 26.0 Å². The van der Waals surface area contributed by atoms with Gasteiger partial charge >= 0.3 is 11.9 Å². The maximum atomic E-state index is 10.9. The Morgan fingerprint density at radius 2 is 1.82 bits per heavy atom. The Balaban J connectivity index is 2.80. The zero-order valence-corrected chi connectivity index (χ0v) is 10.0. The molecule has 1 rings (SSSR count). The van der Waals surface area contributed by atoms with Crippen molar-refractivity contribution in [2.45, 2.75) is 20.4 Å². The maximum Gasteiger partial charge on any atom is 0.394 e. The molecule has 0 unspecified atom stereocenters. The zero-order chi connectivity index (χ0) is 13.0. The van der Waals surface area contributed by atoms with Crippen LogP contribution >= 0.6 is 0 Å². The zero-order valence-electron chi connectivity index (χ0n) is 10.0. The molecule has 0 saturated heterocycles. The van der Waals surface area contributed by atoms with Crippen molar-refractivity contribution in [1.82, 2.24) is 5.32 Å². The van der Waals surface area contributed by atoms with Gasteiger partial charge in [-0.05, 0) is 30.5 Å². The number of hydrogen-bond donors (Lipinski definition) is 2. The summed E-state index contributed by atoms with van der Waals surface area (Å²) in [7, 11) is 1.60. The van der Waals surface area contributed by atoms with Crippen LogP contribution in [-0.2, 0) is 16.1 Å². The molecule has 1 aromatic rings. The Labute approximate surface area is 99.4 Å². The first kappa shape index (κ1) is 13.0. The second kappa shape index (κ2) is 5.34. The summed E-state index contributed by atoms with van der Waals surface area (Å²) >= 11 is 0. The molecule has 1 amide bonds. The third-order valence-electron chi connectivity index (χ3n) is 2.37. The third-order valence-corrected chi connectivity index (χ3v) is 2.37. The highest BCUT2D eigenvalue weighted by atomic mass is 16.5. The molecule has 5 heteroatoms. The van der Waals surface area contributed by atoms with Crippen LogP contribution in [0, 0.1) is 13.8 Å². The van der Waals surface area contributed by atoms with E-state index in [-0.39, 0.29) is 6.54 Å². The van der Waals surface area contributed by atoms with Crippen LogP contribution in [0.2, 0.25) is 0 Å². The number of methoxy groups -OCH3 is 1. The summed E-state index contributed by atoms with van der Waals surface area (Å²) in [6.07, 6.45) is 0. The fraction of sp³-hybridized carbons (Fsp3) is 0.333. The van der Waals surface area contributed by atoms with E-state index in [2.05, 4.69) is 5.32 Å². The van der Waals surface area contributed by atoms with Gasteiger partial charge in [-0.15, -0.1) is 0 Å². The molecule has 0 heterocycles. The number of ether oxygens (including phenoxy) is 1. The molecule has 0 aromatic heterocycles. The molecule has 0 atom stereocenters. The van der Waals surface area contributed by atoms with Gasteiger partial charge in [-0.2, -0.15) is 0 Å². The minimum Gasteiger partial charge on any atom is -0.496 e. The summed E-state index contributed by atoms with van der Waals surface area (Å²) in [5, 5.41) is 10.7. The first-order valence-corrected chi connectivity index (χ1v) is 5.11. The average molecular weight is 237 g/mol. The summed E-state index contributed by atoms with van der Waals surface area (Å²) in [6.45, 7) is 3.99. The molecule has 0 spiro atoms. The molecule has 0 fully saturated rings. The lowest BCUT2D eigenvalue weighted by Crippen LogP contribution is -2.30. The number of aryl methyl sites for hydroxylation is 2. The van der Waals surface area contributed by atoms with Crippen LogP contribution in [0.3, 0.4) is 0 Å². The normalized spacial score (nSPS) is 9.82. The molecule has 92 valence electrons. The fourth-order valence-electron chi connectivity index (χ4n) is 1.72. The van der Waals surface area contributed by atoms with Gasteiger partial charge in [0.15, 0.2) is 0 Å². The monoisotopic (exact) mass is 237 g/mol. The summed E-state index contributed by atoms with van der Waals surface area (Å²) in [6, 6.07) is 3.71. The smallest absolute Gasteiger partial charge is 0.394 e. The largest absolute Gasteiger partial charge is 0.496 e. The van der Waals surface area contributed by atoms with Crippen molar-refractivity contribution in [3.8, 4) is 5.75 Å². The molecule has 1 aromatic carbocycles. The van der Waals surface area contributed by atoms with Crippen molar-refractivity contribution in [2.75, 3.05) is 7.11 Å². The van der Waals surface area contributed by atoms with Crippen LogP contribution in [-0.4, -0.2) is 24.1 Å². The molecular weight excluding hydrogens is 222 g/mol. The van der Waals surface area contributed by atoms with E-state index in [0.717, 1.165) is 22.4 Å². The number of hydrogen-bond acceptors (Lipinski definition) is 3. The van der Waals surface area contributed by atoms with Crippen LogP contribution in [0.25, 0.3) is 0 Å². The topological polar surface area (TPSA) is 75.6 Å². The molecule has 0 bridgehead atoms. The Kier molecular flexibility index (Phi) is 4.09. The number of aliphatic carboxylic acids is 1. The van der Waals surface area contributed by atoms with Crippen LogP contribution in [0.15, 0.2) is 12.1 Å². The maximum absolute atomic E-state index is 10.9. The van der Waals surface area contributed by atoms with Crippen molar-refractivity contribution >= 4 is 11.9 Å². The van der Waals surface area contributed by atoms with Gasteiger partial charge in [-0.25, -0.2) is 4.79 Å². The van der Waals surface area contributed by atoms with Gasteiger partial charge in [0.2, 0.25) is 0 Å². The molecule has 5 nitrogen and oxygen atoms in total. The number of nitrogens with one attached hydrogen (secondary N) is 1. The van der Waals surface area contributed by atoms with Gasteiger partial charge in [0, 0.05) is 6.54 Å². The summed E-state index contributed by atoms with van der Waals surface area (Å²) < 4.78 is 5.21. The number of carboxylic acid groups (broad SMARTS) is 1. The molecule has 0 aliphatic carbocycles. The lowest BCUT2D eigenvalue weighted by molar-refractivity contribution is -0.150. The van der Waals surface area contributed by atoms with Crippen molar-refractivity contribution in [3.05, 3.63) is 28.8 Å². The second-order valence-corrected chi connectivity index (χ2v) is 3.75. The number of benzene rings is 1. The SMILES string of the molecule is COc1c(C)cc(CNC(=O)C(=O)O)cc1C. The standard InChI is InChI=1S/C12H15NO4/c1-7-4-9(5-8(2)10(7)17-3)6-13-11(14)12(15)16/h4-5H,6H2,1-3H3,(H,13,14)(H,15,16). The van der Waals surface area contributed by atoms with Gasteiger partial charge in [-0.1, -0.05) is 12.1 Å². The minimum absolute atomic E-state index is 0.191. The predicted octanol–water partition coefficient (Wildman–Crippen LogP) is 1.01. The first-order chi connectivity index (χ1) is 7.95. The third kappa shape index (κ3) is 3.21. The molecule has 17 heavy (non-hydrogen) atoms. The highest BCUT2D eigenvalue weighted by Gasteiger charge is 2.11. The number of carboxylic acids is 1. The Morgan fingerprint density at radius 3 is 2.24 bits per heavy atom. The van der Waals surface area contributed by atoms with Crippen LogP contribution in [0.1, 0.15) is 16.7 Å². The van der Waals surface area contributed by atoms with Crippen LogP contribution in [0.4, 0.5) is 0 Å². The predicted molar refractivity (Wildman–Crippen MR) is 62.0 cm³/mol. The van der Waals surface area contributed by atoms with Gasteiger partial charge < -0.3 is 15.2 Å². The molecule has 0 saturated carbocycles. The van der Waals surface area contributed by atoms with E-state index in [4.69, 9.17) is 9.84 Å².